The van der Waals surface area contributed by atoms with E-state index in [1.54, 1.807) is 13.1 Å². The lowest BCUT2D eigenvalue weighted by atomic mass is 10.2. The lowest BCUT2D eigenvalue weighted by Crippen LogP contribution is -2.15. The summed E-state index contributed by atoms with van der Waals surface area (Å²) in [5.74, 6) is -0.0823. The van der Waals surface area contributed by atoms with Crippen LogP contribution < -0.4 is 10.3 Å². The zero-order chi connectivity index (χ0) is 12.0. The fourth-order valence-electron chi connectivity index (χ4n) is 1.12. The third-order valence-electron chi connectivity index (χ3n) is 2.13. The van der Waals surface area contributed by atoms with Gasteiger partial charge in [-0.1, -0.05) is 19.1 Å². The summed E-state index contributed by atoms with van der Waals surface area (Å²) < 4.78 is 0. The lowest BCUT2D eigenvalue weighted by Gasteiger charge is -2.11. The number of nitrogens with zero attached hydrogens (tertiary/aromatic N) is 2. The van der Waals surface area contributed by atoms with Crippen molar-refractivity contribution in [2.24, 2.45) is 5.10 Å². The predicted octanol–water partition coefficient (Wildman–Crippen LogP) is 1.61. The molecule has 0 fully saturated rings. The van der Waals surface area contributed by atoms with Crippen molar-refractivity contribution < 1.29 is 4.79 Å². The van der Waals surface area contributed by atoms with Crippen LogP contribution in [0.5, 0.6) is 0 Å². The Kier molecular flexibility index (Phi) is 4.51. The third kappa shape index (κ3) is 3.73. The largest absolute Gasteiger partial charge is 0.378 e. The van der Waals surface area contributed by atoms with Crippen LogP contribution in [-0.2, 0) is 4.79 Å². The second-order valence-corrected chi connectivity index (χ2v) is 3.63. The maximum Gasteiger partial charge on any atom is 0.239 e. The van der Waals surface area contributed by atoms with Gasteiger partial charge in [-0.15, -0.1) is 0 Å². The van der Waals surface area contributed by atoms with Crippen LogP contribution in [0.3, 0.4) is 0 Å². The van der Waals surface area contributed by atoms with E-state index >= 15 is 0 Å². The Bertz CT molecular complexity index is 368. The molecule has 1 N–H and O–H groups in total. The normalized spacial score (nSPS) is 10.4. The number of amides is 1. The molecule has 4 nitrogen and oxygen atoms in total. The van der Waals surface area contributed by atoms with Crippen molar-refractivity contribution in [3.05, 3.63) is 29.8 Å². The molecule has 0 radical (unpaired) electrons. The Morgan fingerprint density at radius 2 is 2.00 bits per heavy atom. The lowest BCUT2D eigenvalue weighted by molar-refractivity contribution is -0.120. The molecule has 1 amide bonds. The van der Waals surface area contributed by atoms with E-state index < -0.39 is 0 Å². The van der Waals surface area contributed by atoms with Gasteiger partial charge in [0.05, 0.1) is 6.21 Å². The SMILES string of the molecule is CCC(=O)N/N=C/c1ccc(N(C)C)cc1. The Hall–Kier alpha value is -1.84. The molecule has 16 heavy (non-hydrogen) atoms. The summed E-state index contributed by atoms with van der Waals surface area (Å²) >= 11 is 0. The molecule has 0 atom stereocenters. The fourth-order valence-corrected chi connectivity index (χ4v) is 1.12. The number of hydrogen-bond donors (Lipinski definition) is 1. The molecular weight excluding hydrogens is 202 g/mol. The first-order valence-electron chi connectivity index (χ1n) is 5.22. The zero-order valence-corrected chi connectivity index (χ0v) is 9.90. The first-order chi connectivity index (χ1) is 7.63. The molecule has 1 aromatic carbocycles. The molecule has 0 aliphatic rings. The van der Waals surface area contributed by atoms with E-state index in [1.165, 1.54) is 0 Å². The van der Waals surface area contributed by atoms with Crippen LogP contribution in [0.15, 0.2) is 29.4 Å². The van der Waals surface area contributed by atoms with Gasteiger partial charge in [0.25, 0.3) is 0 Å². The van der Waals surface area contributed by atoms with Crippen molar-refractivity contribution in [2.45, 2.75) is 13.3 Å². The summed E-state index contributed by atoms with van der Waals surface area (Å²) in [6.45, 7) is 1.79. The van der Waals surface area contributed by atoms with Gasteiger partial charge in [-0.2, -0.15) is 5.10 Å². The molecule has 0 unspecified atom stereocenters. The maximum atomic E-state index is 10.9. The van der Waals surface area contributed by atoms with Crippen molar-refractivity contribution >= 4 is 17.8 Å². The highest BCUT2D eigenvalue weighted by atomic mass is 16.2. The second kappa shape index (κ2) is 5.90. The maximum absolute atomic E-state index is 10.9. The molecule has 0 heterocycles. The van der Waals surface area contributed by atoms with Crippen LogP contribution in [0, 0.1) is 0 Å². The van der Waals surface area contributed by atoms with Crippen molar-refractivity contribution in [2.75, 3.05) is 19.0 Å². The number of carbonyl (C=O) groups is 1. The van der Waals surface area contributed by atoms with E-state index in [0.29, 0.717) is 6.42 Å². The highest BCUT2D eigenvalue weighted by Gasteiger charge is 1.94. The molecule has 86 valence electrons. The summed E-state index contributed by atoms with van der Waals surface area (Å²) in [5, 5.41) is 3.85. The van der Waals surface area contributed by atoms with Gasteiger partial charge in [-0.3, -0.25) is 4.79 Å². The quantitative estimate of drug-likeness (QED) is 0.617. The van der Waals surface area contributed by atoms with Gasteiger partial charge < -0.3 is 4.90 Å². The van der Waals surface area contributed by atoms with Crippen molar-refractivity contribution in [3.63, 3.8) is 0 Å². The van der Waals surface area contributed by atoms with Crippen molar-refractivity contribution in [1.82, 2.24) is 5.43 Å². The molecule has 0 bridgehead atoms. The third-order valence-corrected chi connectivity index (χ3v) is 2.13. The molecule has 1 rings (SSSR count). The van der Waals surface area contributed by atoms with E-state index in [-0.39, 0.29) is 5.91 Å². The molecule has 4 heteroatoms. The van der Waals surface area contributed by atoms with E-state index in [4.69, 9.17) is 0 Å². The van der Waals surface area contributed by atoms with Gasteiger partial charge in [0.15, 0.2) is 0 Å². The van der Waals surface area contributed by atoms with Crippen LogP contribution in [0.1, 0.15) is 18.9 Å². The van der Waals surface area contributed by atoms with Crippen LogP contribution in [-0.4, -0.2) is 26.2 Å². The van der Waals surface area contributed by atoms with Crippen LogP contribution in [0.2, 0.25) is 0 Å². The number of hydrogen-bond acceptors (Lipinski definition) is 3. The number of benzene rings is 1. The minimum Gasteiger partial charge on any atom is -0.378 e. The second-order valence-electron chi connectivity index (χ2n) is 3.63. The fraction of sp³-hybridized carbons (Fsp3) is 0.333. The van der Waals surface area contributed by atoms with E-state index in [2.05, 4.69) is 10.5 Å². The average Bonchev–Trinajstić information content (AvgIpc) is 2.29. The van der Waals surface area contributed by atoms with Crippen LogP contribution in [0.25, 0.3) is 0 Å². The summed E-state index contributed by atoms with van der Waals surface area (Å²) in [7, 11) is 3.98. The Balaban J connectivity index is 2.58. The number of anilines is 1. The molecular formula is C12H17N3O. The number of nitrogens with one attached hydrogen (secondary N) is 1. The van der Waals surface area contributed by atoms with Gasteiger partial charge in [0.2, 0.25) is 5.91 Å². The highest BCUT2D eigenvalue weighted by Crippen LogP contribution is 2.10. The molecule has 1 aromatic rings. The standard InChI is InChI=1S/C12H17N3O/c1-4-12(16)14-13-9-10-5-7-11(8-6-10)15(2)3/h5-9H,4H2,1-3H3,(H,14,16)/b13-9+. The highest BCUT2D eigenvalue weighted by molar-refractivity contribution is 5.82. The summed E-state index contributed by atoms with van der Waals surface area (Å²) in [6.07, 6.45) is 2.07. The van der Waals surface area contributed by atoms with Crippen molar-refractivity contribution in [3.8, 4) is 0 Å². The van der Waals surface area contributed by atoms with Gasteiger partial charge >= 0.3 is 0 Å². The van der Waals surface area contributed by atoms with Gasteiger partial charge in [0.1, 0.15) is 0 Å². The number of hydrazone groups is 1. The first kappa shape index (κ1) is 12.2. The zero-order valence-electron chi connectivity index (χ0n) is 9.90. The molecule has 0 spiro atoms. The first-order valence-corrected chi connectivity index (χ1v) is 5.22. The minimum atomic E-state index is -0.0823. The average molecular weight is 219 g/mol. The number of rotatable bonds is 4. The van der Waals surface area contributed by atoms with E-state index in [1.807, 2.05) is 43.3 Å². The molecule has 0 aromatic heterocycles. The predicted molar refractivity (Wildman–Crippen MR) is 66.8 cm³/mol. The minimum absolute atomic E-state index is 0.0823. The summed E-state index contributed by atoms with van der Waals surface area (Å²) in [5.41, 5.74) is 4.53. The Morgan fingerprint density at radius 3 is 2.50 bits per heavy atom. The number of carbonyl (C=O) groups excluding carboxylic acids is 1. The van der Waals surface area contributed by atoms with E-state index in [9.17, 15) is 4.79 Å². The molecule has 0 aliphatic carbocycles. The molecule has 0 saturated heterocycles. The Morgan fingerprint density at radius 1 is 1.38 bits per heavy atom. The monoisotopic (exact) mass is 219 g/mol. The smallest absolute Gasteiger partial charge is 0.239 e. The van der Waals surface area contributed by atoms with Crippen LogP contribution >= 0.6 is 0 Å². The molecule has 0 aliphatic heterocycles. The van der Waals surface area contributed by atoms with Gasteiger partial charge in [0, 0.05) is 26.2 Å². The topological polar surface area (TPSA) is 44.7 Å². The van der Waals surface area contributed by atoms with Crippen LogP contribution in [0.4, 0.5) is 5.69 Å². The summed E-state index contributed by atoms with van der Waals surface area (Å²) in [6, 6.07) is 7.92. The molecule has 0 saturated carbocycles. The van der Waals surface area contributed by atoms with Crippen molar-refractivity contribution in [1.29, 1.82) is 0 Å². The van der Waals surface area contributed by atoms with Gasteiger partial charge in [-0.05, 0) is 17.7 Å². The van der Waals surface area contributed by atoms with Gasteiger partial charge in [-0.25, -0.2) is 5.43 Å². The summed E-state index contributed by atoms with van der Waals surface area (Å²) in [4.78, 5) is 12.9. The van der Waals surface area contributed by atoms with E-state index in [0.717, 1.165) is 11.3 Å². The Labute approximate surface area is 96.0 Å².